The van der Waals surface area contributed by atoms with Gasteiger partial charge in [0.05, 0.1) is 6.61 Å². The molecule has 4 nitrogen and oxygen atoms in total. The number of carbonyl (C=O) groups is 1. The van der Waals surface area contributed by atoms with Crippen molar-refractivity contribution in [3.05, 3.63) is 29.8 Å². The van der Waals surface area contributed by atoms with Gasteiger partial charge in [0, 0.05) is 26.1 Å². The molecule has 104 valence electrons. The van der Waals surface area contributed by atoms with Crippen molar-refractivity contribution in [2.24, 2.45) is 5.73 Å². The molecule has 0 radical (unpaired) electrons. The number of rotatable bonds is 6. The summed E-state index contributed by atoms with van der Waals surface area (Å²) in [6.07, 6.45) is 3.75. The molecule has 19 heavy (non-hydrogen) atoms. The summed E-state index contributed by atoms with van der Waals surface area (Å²) in [7, 11) is 0. The second-order valence-electron chi connectivity index (χ2n) is 4.89. The molecule has 1 aromatic rings. The van der Waals surface area contributed by atoms with E-state index in [-0.39, 0.29) is 5.91 Å². The van der Waals surface area contributed by atoms with Crippen LogP contribution < -0.4 is 10.5 Å². The van der Waals surface area contributed by atoms with Gasteiger partial charge in [0.2, 0.25) is 5.91 Å². The maximum Gasteiger partial charge on any atom is 0.222 e. The van der Waals surface area contributed by atoms with Gasteiger partial charge in [0.25, 0.3) is 0 Å². The Kier molecular flexibility index (Phi) is 5.21. The standard InChI is InChI=1S/C15H22N2O2/c16-12-13-5-3-6-14(11-13)19-10-4-9-17-8-2-1-7-15(17)18/h3,5-6,11H,1-2,4,7-10,12,16H2. The molecule has 0 bridgehead atoms. The van der Waals surface area contributed by atoms with Crippen LogP contribution in [-0.2, 0) is 11.3 Å². The van der Waals surface area contributed by atoms with E-state index in [2.05, 4.69) is 0 Å². The molecule has 1 saturated heterocycles. The van der Waals surface area contributed by atoms with Crippen molar-refractivity contribution in [3.63, 3.8) is 0 Å². The topological polar surface area (TPSA) is 55.6 Å². The van der Waals surface area contributed by atoms with E-state index in [4.69, 9.17) is 10.5 Å². The van der Waals surface area contributed by atoms with E-state index in [1.807, 2.05) is 29.2 Å². The van der Waals surface area contributed by atoms with E-state index in [0.29, 0.717) is 19.6 Å². The third kappa shape index (κ3) is 4.24. The molecule has 0 aliphatic carbocycles. The van der Waals surface area contributed by atoms with Crippen molar-refractivity contribution >= 4 is 5.91 Å². The fourth-order valence-corrected chi connectivity index (χ4v) is 2.31. The zero-order valence-corrected chi connectivity index (χ0v) is 11.3. The Morgan fingerprint density at radius 3 is 3.00 bits per heavy atom. The number of carbonyl (C=O) groups excluding carboxylic acids is 1. The fourth-order valence-electron chi connectivity index (χ4n) is 2.31. The van der Waals surface area contributed by atoms with Gasteiger partial charge in [-0.05, 0) is 37.0 Å². The molecular formula is C15H22N2O2. The number of ether oxygens (including phenoxy) is 1. The first-order valence-electron chi connectivity index (χ1n) is 6.99. The Morgan fingerprint density at radius 2 is 2.21 bits per heavy atom. The highest BCUT2D eigenvalue weighted by Crippen LogP contribution is 2.14. The highest BCUT2D eigenvalue weighted by Gasteiger charge is 2.16. The lowest BCUT2D eigenvalue weighted by molar-refractivity contribution is -0.133. The van der Waals surface area contributed by atoms with Crippen LogP contribution in [0.25, 0.3) is 0 Å². The molecule has 0 spiro atoms. The second kappa shape index (κ2) is 7.14. The monoisotopic (exact) mass is 262 g/mol. The summed E-state index contributed by atoms with van der Waals surface area (Å²) in [6, 6.07) is 7.84. The lowest BCUT2D eigenvalue weighted by atomic mass is 10.1. The summed E-state index contributed by atoms with van der Waals surface area (Å²) < 4.78 is 5.68. The number of amides is 1. The van der Waals surface area contributed by atoms with Crippen LogP contribution in [0.15, 0.2) is 24.3 Å². The second-order valence-corrected chi connectivity index (χ2v) is 4.89. The molecular weight excluding hydrogens is 240 g/mol. The van der Waals surface area contributed by atoms with Crippen LogP contribution in [0.2, 0.25) is 0 Å². The minimum atomic E-state index is 0.288. The van der Waals surface area contributed by atoms with E-state index >= 15 is 0 Å². The van der Waals surface area contributed by atoms with Crippen LogP contribution in [-0.4, -0.2) is 30.5 Å². The zero-order chi connectivity index (χ0) is 13.5. The van der Waals surface area contributed by atoms with Gasteiger partial charge in [-0.3, -0.25) is 4.79 Å². The van der Waals surface area contributed by atoms with Crippen LogP contribution in [0.1, 0.15) is 31.2 Å². The van der Waals surface area contributed by atoms with Crippen molar-refractivity contribution in [2.75, 3.05) is 19.7 Å². The van der Waals surface area contributed by atoms with Crippen LogP contribution in [0.4, 0.5) is 0 Å². The first kappa shape index (κ1) is 13.9. The van der Waals surface area contributed by atoms with E-state index in [9.17, 15) is 4.79 Å². The van der Waals surface area contributed by atoms with Crippen LogP contribution in [0.5, 0.6) is 5.75 Å². The Bertz CT molecular complexity index is 420. The lowest BCUT2D eigenvalue weighted by Gasteiger charge is -2.26. The van der Waals surface area contributed by atoms with Gasteiger partial charge in [-0.1, -0.05) is 12.1 Å². The van der Waals surface area contributed by atoms with Gasteiger partial charge in [0.1, 0.15) is 5.75 Å². The molecule has 0 aromatic heterocycles. The molecule has 1 aliphatic heterocycles. The highest BCUT2D eigenvalue weighted by atomic mass is 16.5. The van der Waals surface area contributed by atoms with Crippen LogP contribution in [0, 0.1) is 0 Å². The smallest absolute Gasteiger partial charge is 0.222 e. The molecule has 0 unspecified atom stereocenters. The predicted octanol–water partition coefficient (Wildman–Crippen LogP) is 1.93. The number of nitrogens with zero attached hydrogens (tertiary/aromatic N) is 1. The maximum absolute atomic E-state index is 11.6. The molecule has 1 fully saturated rings. The predicted molar refractivity (Wildman–Crippen MR) is 74.9 cm³/mol. The number of benzene rings is 1. The molecule has 1 heterocycles. The lowest BCUT2D eigenvalue weighted by Crippen LogP contribution is -2.36. The number of likely N-dealkylation sites (tertiary alicyclic amines) is 1. The Labute approximate surface area is 114 Å². The summed E-state index contributed by atoms with van der Waals surface area (Å²) in [6.45, 7) is 2.87. The van der Waals surface area contributed by atoms with Crippen LogP contribution >= 0.6 is 0 Å². The van der Waals surface area contributed by atoms with Crippen LogP contribution in [0.3, 0.4) is 0 Å². The third-order valence-corrected chi connectivity index (χ3v) is 3.40. The molecule has 0 saturated carbocycles. The van der Waals surface area contributed by atoms with Crippen molar-refractivity contribution < 1.29 is 9.53 Å². The van der Waals surface area contributed by atoms with Gasteiger partial charge < -0.3 is 15.4 Å². The summed E-state index contributed by atoms with van der Waals surface area (Å²) >= 11 is 0. The molecule has 1 amide bonds. The summed E-state index contributed by atoms with van der Waals surface area (Å²) in [5.41, 5.74) is 6.66. The van der Waals surface area contributed by atoms with Gasteiger partial charge in [-0.2, -0.15) is 0 Å². The summed E-state index contributed by atoms with van der Waals surface area (Å²) in [5, 5.41) is 0. The van der Waals surface area contributed by atoms with Gasteiger partial charge in [0.15, 0.2) is 0 Å². The zero-order valence-electron chi connectivity index (χ0n) is 11.3. The molecule has 1 aromatic carbocycles. The van der Waals surface area contributed by atoms with E-state index in [1.54, 1.807) is 0 Å². The maximum atomic E-state index is 11.6. The summed E-state index contributed by atoms with van der Waals surface area (Å²) in [5.74, 6) is 1.14. The SMILES string of the molecule is NCc1cccc(OCCCN2CCCCC2=O)c1. The molecule has 0 atom stereocenters. The average Bonchev–Trinajstić information content (AvgIpc) is 2.45. The molecule has 2 N–H and O–H groups in total. The summed E-state index contributed by atoms with van der Waals surface area (Å²) in [4.78, 5) is 13.6. The number of nitrogens with two attached hydrogens (primary N) is 1. The Hall–Kier alpha value is -1.55. The quantitative estimate of drug-likeness (QED) is 0.797. The number of piperidine rings is 1. The van der Waals surface area contributed by atoms with Gasteiger partial charge in [-0.25, -0.2) is 0 Å². The van der Waals surface area contributed by atoms with E-state index in [0.717, 1.165) is 43.7 Å². The highest BCUT2D eigenvalue weighted by molar-refractivity contribution is 5.76. The fraction of sp³-hybridized carbons (Fsp3) is 0.533. The normalized spacial score (nSPS) is 15.6. The van der Waals surface area contributed by atoms with E-state index in [1.165, 1.54) is 0 Å². The Morgan fingerprint density at radius 1 is 1.32 bits per heavy atom. The number of hydrogen-bond donors (Lipinski definition) is 1. The molecule has 2 rings (SSSR count). The van der Waals surface area contributed by atoms with Gasteiger partial charge in [-0.15, -0.1) is 0 Å². The van der Waals surface area contributed by atoms with Crippen molar-refractivity contribution in [1.29, 1.82) is 0 Å². The molecule has 1 aliphatic rings. The largest absolute Gasteiger partial charge is 0.494 e. The number of hydrogen-bond acceptors (Lipinski definition) is 3. The van der Waals surface area contributed by atoms with Gasteiger partial charge >= 0.3 is 0 Å². The Balaban J connectivity index is 1.69. The minimum absolute atomic E-state index is 0.288. The van der Waals surface area contributed by atoms with E-state index < -0.39 is 0 Å². The van der Waals surface area contributed by atoms with Crippen molar-refractivity contribution in [3.8, 4) is 5.75 Å². The first-order chi connectivity index (χ1) is 9.29. The van der Waals surface area contributed by atoms with Crippen molar-refractivity contribution in [1.82, 2.24) is 4.90 Å². The third-order valence-electron chi connectivity index (χ3n) is 3.40. The average molecular weight is 262 g/mol. The van der Waals surface area contributed by atoms with Crippen molar-refractivity contribution in [2.45, 2.75) is 32.2 Å². The molecule has 4 heteroatoms. The first-order valence-corrected chi connectivity index (χ1v) is 6.99. The minimum Gasteiger partial charge on any atom is -0.494 e.